The van der Waals surface area contributed by atoms with Crippen LogP contribution in [0.15, 0.2) is 0 Å². The van der Waals surface area contributed by atoms with Crippen molar-refractivity contribution < 1.29 is 14.3 Å². The summed E-state index contributed by atoms with van der Waals surface area (Å²) < 4.78 is 5.42. The molecule has 1 aliphatic heterocycles. The van der Waals surface area contributed by atoms with Crippen molar-refractivity contribution in [3.8, 4) is 0 Å². The highest BCUT2D eigenvalue weighted by Gasteiger charge is 2.41. The molecule has 2 aliphatic rings. The maximum absolute atomic E-state index is 12.1. The molecule has 18 heavy (non-hydrogen) atoms. The van der Waals surface area contributed by atoms with Gasteiger partial charge in [0.05, 0.1) is 0 Å². The number of ether oxygens (including phenoxy) is 1. The van der Waals surface area contributed by atoms with Crippen LogP contribution in [0, 0.1) is 5.92 Å². The van der Waals surface area contributed by atoms with Gasteiger partial charge < -0.3 is 9.64 Å². The molecule has 2 atom stereocenters. The average Bonchev–Trinajstić information content (AvgIpc) is 2.82. The van der Waals surface area contributed by atoms with Gasteiger partial charge in [-0.3, -0.25) is 4.79 Å². The molecular weight excluding hydrogens is 230 g/mol. The van der Waals surface area contributed by atoms with Gasteiger partial charge in [-0.05, 0) is 46.5 Å². The van der Waals surface area contributed by atoms with Crippen molar-refractivity contribution >= 4 is 11.9 Å². The molecule has 0 N–H and O–H groups in total. The van der Waals surface area contributed by atoms with Crippen molar-refractivity contribution in [1.29, 1.82) is 0 Å². The second-order valence-electron chi connectivity index (χ2n) is 6.35. The number of carbonyl (C=O) groups is 2. The zero-order valence-corrected chi connectivity index (χ0v) is 11.6. The maximum atomic E-state index is 12.1. The molecule has 0 aromatic rings. The Balaban J connectivity index is 2.03. The molecule has 0 spiro atoms. The molecule has 1 aliphatic carbocycles. The summed E-state index contributed by atoms with van der Waals surface area (Å²) >= 11 is 0. The third-order valence-electron chi connectivity index (χ3n) is 3.74. The number of nitrogens with zero attached hydrogens (tertiary/aromatic N) is 1. The minimum atomic E-state index is -0.468. The first-order valence-corrected chi connectivity index (χ1v) is 6.91. The van der Waals surface area contributed by atoms with Gasteiger partial charge in [0, 0.05) is 24.9 Å². The zero-order chi connectivity index (χ0) is 13.3. The molecule has 1 saturated heterocycles. The summed E-state index contributed by atoms with van der Waals surface area (Å²) in [5.74, 6) is 0.385. The summed E-state index contributed by atoms with van der Waals surface area (Å²) in [6.07, 6.45) is 4.25. The number of Topliss-reactive ketones (excluding diaryl/α,β-unsaturated/α-hetero) is 1. The average molecular weight is 253 g/mol. The largest absolute Gasteiger partial charge is 0.444 e. The second kappa shape index (κ2) is 4.90. The fourth-order valence-corrected chi connectivity index (χ4v) is 3.01. The fourth-order valence-electron chi connectivity index (χ4n) is 3.01. The summed E-state index contributed by atoms with van der Waals surface area (Å²) in [6.45, 7) is 6.34. The Kier molecular flexibility index (Phi) is 3.64. The molecule has 4 heteroatoms. The number of amides is 1. The lowest BCUT2D eigenvalue weighted by Crippen LogP contribution is -2.44. The molecule has 4 nitrogen and oxygen atoms in total. The molecule has 102 valence electrons. The Labute approximate surface area is 109 Å². The SMILES string of the molecule is CC(C)(C)OC(=O)N1CCC[C@@H]1[C@H]1CCCC1=O. The quantitative estimate of drug-likeness (QED) is 0.722. The van der Waals surface area contributed by atoms with Crippen LogP contribution in [0.1, 0.15) is 52.9 Å². The van der Waals surface area contributed by atoms with E-state index in [2.05, 4.69) is 0 Å². The van der Waals surface area contributed by atoms with E-state index in [1.54, 1.807) is 4.90 Å². The third kappa shape index (κ3) is 2.85. The standard InChI is InChI=1S/C14H23NO3/c1-14(2,3)18-13(17)15-9-5-7-11(15)10-6-4-8-12(10)16/h10-11H,4-9H2,1-3H3/t10-,11-/m1/s1. The van der Waals surface area contributed by atoms with Crippen molar-refractivity contribution in [2.45, 2.75) is 64.5 Å². The van der Waals surface area contributed by atoms with Gasteiger partial charge in [0.2, 0.25) is 0 Å². The Bertz CT molecular complexity index is 345. The highest BCUT2D eigenvalue weighted by molar-refractivity contribution is 5.84. The van der Waals surface area contributed by atoms with E-state index in [1.165, 1.54) is 0 Å². The van der Waals surface area contributed by atoms with Crippen LogP contribution < -0.4 is 0 Å². The van der Waals surface area contributed by atoms with Gasteiger partial charge in [-0.2, -0.15) is 0 Å². The Morgan fingerprint density at radius 3 is 2.56 bits per heavy atom. The van der Waals surface area contributed by atoms with Gasteiger partial charge in [-0.15, -0.1) is 0 Å². The first-order valence-electron chi connectivity index (χ1n) is 6.91. The van der Waals surface area contributed by atoms with E-state index in [0.29, 0.717) is 12.2 Å². The lowest BCUT2D eigenvalue weighted by atomic mass is 9.95. The minimum Gasteiger partial charge on any atom is -0.444 e. The monoisotopic (exact) mass is 253 g/mol. The van der Waals surface area contributed by atoms with Gasteiger partial charge in [0.15, 0.2) is 0 Å². The van der Waals surface area contributed by atoms with Crippen LogP contribution in [0.5, 0.6) is 0 Å². The zero-order valence-electron chi connectivity index (χ0n) is 11.6. The van der Waals surface area contributed by atoms with E-state index in [9.17, 15) is 9.59 Å². The molecule has 0 unspecified atom stereocenters. The molecule has 0 radical (unpaired) electrons. The van der Waals surface area contributed by atoms with Crippen LogP contribution >= 0.6 is 0 Å². The van der Waals surface area contributed by atoms with Crippen molar-refractivity contribution in [1.82, 2.24) is 4.90 Å². The minimum absolute atomic E-state index is 0.0556. The number of carbonyl (C=O) groups excluding carboxylic acids is 2. The van der Waals surface area contributed by atoms with Crippen LogP contribution in [0.2, 0.25) is 0 Å². The molecule has 0 aromatic carbocycles. The number of likely N-dealkylation sites (tertiary alicyclic amines) is 1. The number of hydrogen-bond donors (Lipinski definition) is 0. The topological polar surface area (TPSA) is 46.6 Å². The predicted octanol–water partition coefficient (Wildman–Crippen LogP) is 2.76. The molecule has 0 bridgehead atoms. The van der Waals surface area contributed by atoms with Crippen molar-refractivity contribution in [3.63, 3.8) is 0 Å². The van der Waals surface area contributed by atoms with Crippen LogP contribution in [0.25, 0.3) is 0 Å². The van der Waals surface area contributed by atoms with Gasteiger partial charge in [0.1, 0.15) is 11.4 Å². The Morgan fingerprint density at radius 1 is 1.28 bits per heavy atom. The molecule has 1 saturated carbocycles. The van der Waals surface area contributed by atoms with Crippen molar-refractivity contribution in [2.24, 2.45) is 5.92 Å². The molecule has 0 aromatic heterocycles. The van der Waals surface area contributed by atoms with E-state index >= 15 is 0 Å². The normalized spacial score (nSPS) is 28.8. The third-order valence-corrected chi connectivity index (χ3v) is 3.74. The maximum Gasteiger partial charge on any atom is 0.410 e. The Hall–Kier alpha value is -1.06. The lowest BCUT2D eigenvalue weighted by Gasteiger charge is -2.31. The van der Waals surface area contributed by atoms with Crippen LogP contribution in [-0.4, -0.2) is 35.0 Å². The van der Waals surface area contributed by atoms with E-state index in [0.717, 1.165) is 32.2 Å². The van der Waals surface area contributed by atoms with Gasteiger partial charge in [-0.1, -0.05) is 0 Å². The summed E-state index contributed by atoms with van der Waals surface area (Å²) in [5, 5.41) is 0. The molecule has 1 heterocycles. The molecule has 1 amide bonds. The first kappa shape index (κ1) is 13.4. The summed E-state index contributed by atoms with van der Waals surface area (Å²) in [4.78, 5) is 25.7. The number of hydrogen-bond acceptors (Lipinski definition) is 3. The fraction of sp³-hybridized carbons (Fsp3) is 0.857. The molecular formula is C14H23NO3. The molecule has 2 fully saturated rings. The van der Waals surface area contributed by atoms with E-state index in [4.69, 9.17) is 4.74 Å². The van der Waals surface area contributed by atoms with Crippen LogP contribution in [0.4, 0.5) is 4.79 Å². The lowest BCUT2D eigenvalue weighted by molar-refractivity contribution is -0.122. The highest BCUT2D eigenvalue weighted by Crippen LogP contribution is 2.33. The summed E-state index contributed by atoms with van der Waals surface area (Å²) in [6, 6.07) is 0.0786. The van der Waals surface area contributed by atoms with E-state index in [1.807, 2.05) is 20.8 Å². The number of rotatable bonds is 1. The molecule has 2 rings (SSSR count). The van der Waals surface area contributed by atoms with Gasteiger partial charge in [-0.25, -0.2) is 4.79 Å². The smallest absolute Gasteiger partial charge is 0.410 e. The van der Waals surface area contributed by atoms with Crippen LogP contribution in [0.3, 0.4) is 0 Å². The first-order chi connectivity index (χ1) is 8.38. The van der Waals surface area contributed by atoms with Gasteiger partial charge in [0.25, 0.3) is 0 Å². The van der Waals surface area contributed by atoms with Crippen LogP contribution in [-0.2, 0) is 9.53 Å². The van der Waals surface area contributed by atoms with Gasteiger partial charge >= 0.3 is 6.09 Å². The summed E-state index contributed by atoms with van der Waals surface area (Å²) in [5.41, 5.74) is -0.468. The Morgan fingerprint density at radius 2 is 2.00 bits per heavy atom. The predicted molar refractivity (Wildman–Crippen MR) is 68.3 cm³/mol. The van der Waals surface area contributed by atoms with E-state index in [-0.39, 0.29) is 18.1 Å². The van der Waals surface area contributed by atoms with E-state index < -0.39 is 5.60 Å². The second-order valence-corrected chi connectivity index (χ2v) is 6.35. The van der Waals surface area contributed by atoms with Crippen molar-refractivity contribution in [2.75, 3.05) is 6.54 Å². The number of ketones is 1. The highest BCUT2D eigenvalue weighted by atomic mass is 16.6. The van der Waals surface area contributed by atoms with Crippen molar-refractivity contribution in [3.05, 3.63) is 0 Å². The summed E-state index contributed by atoms with van der Waals surface area (Å²) in [7, 11) is 0.